The molecule has 3 heterocycles. The van der Waals surface area contributed by atoms with Crippen molar-refractivity contribution in [2.45, 2.75) is 65.5 Å². The zero-order valence-electron chi connectivity index (χ0n) is 23.1. The van der Waals surface area contributed by atoms with Crippen molar-refractivity contribution in [1.82, 2.24) is 24.5 Å². The molecular formula is C29H41N7O2. The Hall–Kier alpha value is -3.30. The maximum atomic E-state index is 12.5. The predicted octanol–water partition coefficient (Wildman–Crippen LogP) is 4.46. The number of carbonyl (C=O) groups is 1. The number of hydrogen-bond donors (Lipinski definition) is 2. The van der Waals surface area contributed by atoms with Gasteiger partial charge in [0.05, 0.1) is 6.20 Å². The standard InChI is InChI=1S/C29H41N7O2/c1-5-35(6-2)14-8-11-25(37)18-22-9-7-10-23(17-22)19-30-29-34-28(32-24-12-15-38-16-13-24)33-27-26(21(3)4)20-31-36(27)29/h7-11,17,20-21,24H,5-6,12-16,18-19H2,1-4H3,(H2,30,32,33,34)/b11-8+. The summed E-state index contributed by atoms with van der Waals surface area (Å²) in [5.41, 5.74) is 3.96. The Morgan fingerprint density at radius 1 is 1.18 bits per heavy atom. The van der Waals surface area contributed by atoms with Crippen molar-refractivity contribution in [3.63, 3.8) is 0 Å². The van der Waals surface area contributed by atoms with Crippen LogP contribution >= 0.6 is 0 Å². The summed E-state index contributed by atoms with van der Waals surface area (Å²) in [6.45, 7) is 13.4. The van der Waals surface area contributed by atoms with Crippen molar-refractivity contribution >= 4 is 23.3 Å². The second kappa shape index (κ2) is 13.5. The molecule has 0 bridgehead atoms. The number of ether oxygens (including phenoxy) is 1. The first kappa shape index (κ1) is 27.7. The number of aromatic nitrogens is 4. The molecule has 0 atom stereocenters. The van der Waals surface area contributed by atoms with Crippen LogP contribution in [-0.2, 0) is 22.5 Å². The summed E-state index contributed by atoms with van der Waals surface area (Å²) < 4.78 is 7.27. The molecule has 0 unspecified atom stereocenters. The lowest BCUT2D eigenvalue weighted by Gasteiger charge is -2.23. The molecule has 1 saturated heterocycles. The fourth-order valence-corrected chi connectivity index (χ4v) is 4.61. The van der Waals surface area contributed by atoms with E-state index in [4.69, 9.17) is 14.7 Å². The molecule has 1 fully saturated rings. The van der Waals surface area contributed by atoms with Gasteiger partial charge in [0.1, 0.15) is 0 Å². The first-order valence-electron chi connectivity index (χ1n) is 13.8. The number of anilines is 2. The van der Waals surface area contributed by atoms with Crippen LogP contribution in [0.25, 0.3) is 5.65 Å². The van der Waals surface area contributed by atoms with Crippen LogP contribution < -0.4 is 10.6 Å². The monoisotopic (exact) mass is 519 g/mol. The second-order valence-corrected chi connectivity index (χ2v) is 10.1. The predicted molar refractivity (Wildman–Crippen MR) is 152 cm³/mol. The van der Waals surface area contributed by atoms with E-state index in [2.05, 4.69) is 60.5 Å². The number of allylic oxidation sites excluding steroid dienone is 1. The average molecular weight is 520 g/mol. The van der Waals surface area contributed by atoms with E-state index >= 15 is 0 Å². The number of ketones is 1. The molecule has 0 amide bonds. The van der Waals surface area contributed by atoms with Crippen molar-refractivity contribution in [2.75, 3.05) is 43.5 Å². The van der Waals surface area contributed by atoms with Crippen LogP contribution in [-0.4, -0.2) is 69.2 Å². The Kier molecular flexibility index (Phi) is 9.84. The van der Waals surface area contributed by atoms with Crippen molar-refractivity contribution in [3.05, 3.63) is 59.3 Å². The zero-order valence-corrected chi connectivity index (χ0v) is 23.1. The second-order valence-electron chi connectivity index (χ2n) is 10.1. The topological polar surface area (TPSA) is 96.7 Å². The van der Waals surface area contributed by atoms with E-state index < -0.39 is 0 Å². The number of hydrogen-bond acceptors (Lipinski definition) is 8. The van der Waals surface area contributed by atoms with E-state index in [1.54, 1.807) is 10.6 Å². The van der Waals surface area contributed by atoms with Gasteiger partial charge in [-0.25, -0.2) is 0 Å². The van der Waals surface area contributed by atoms with E-state index in [1.807, 2.05) is 24.4 Å². The third kappa shape index (κ3) is 7.39. The summed E-state index contributed by atoms with van der Waals surface area (Å²) in [5.74, 6) is 1.64. The van der Waals surface area contributed by atoms with Gasteiger partial charge in [0.25, 0.3) is 0 Å². The summed E-state index contributed by atoms with van der Waals surface area (Å²) in [6, 6.07) is 8.42. The average Bonchev–Trinajstić information content (AvgIpc) is 3.35. The van der Waals surface area contributed by atoms with Crippen molar-refractivity contribution in [2.24, 2.45) is 0 Å². The van der Waals surface area contributed by atoms with Gasteiger partial charge in [0.15, 0.2) is 11.4 Å². The Bertz CT molecular complexity index is 1230. The molecule has 1 aromatic carbocycles. The van der Waals surface area contributed by atoms with Gasteiger partial charge in [-0.3, -0.25) is 4.79 Å². The van der Waals surface area contributed by atoms with E-state index in [0.717, 1.165) is 68.0 Å². The number of nitrogens with zero attached hydrogens (tertiary/aromatic N) is 5. The molecule has 0 spiro atoms. The van der Waals surface area contributed by atoms with E-state index in [-0.39, 0.29) is 5.78 Å². The van der Waals surface area contributed by atoms with Crippen LogP contribution in [0.3, 0.4) is 0 Å². The van der Waals surface area contributed by atoms with Gasteiger partial charge in [-0.05, 0) is 49.1 Å². The summed E-state index contributed by atoms with van der Waals surface area (Å²) in [5, 5.41) is 11.5. The maximum Gasteiger partial charge on any atom is 0.229 e. The normalized spacial score (nSPS) is 14.7. The van der Waals surface area contributed by atoms with Crippen molar-refractivity contribution in [3.8, 4) is 0 Å². The lowest BCUT2D eigenvalue weighted by atomic mass is 10.1. The SMILES string of the molecule is CCN(CC)C/C=C/C(=O)Cc1cccc(CNc2nc(NC3CCOCC3)nc3c(C(C)C)cnn23)c1. The number of nitrogens with one attached hydrogen (secondary N) is 2. The molecule has 38 heavy (non-hydrogen) atoms. The number of likely N-dealkylation sites (N-methyl/N-ethyl adjacent to an activating group) is 1. The summed E-state index contributed by atoms with van der Waals surface area (Å²) in [4.78, 5) is 24.4. The van der Waals surface area contributed by atoms with Crippen LogP contribution in [0.15, 0.2) is 42.6 Å². The van der Waals surface area contributed by atoms with Gasteiger partial charge in [-0.2, -0.15) is 19.6 Å². The maximum absolute atomic E-state index is 12.5. The minimum atomic E-state index is 0.112. The highest BCUT2D eigenvalue weighted by atomic mass is 16.5. The van der Waals surface area contributed by atoms with E-state index in [1.165, 1.54) is 0 Å². The first-order chi connectivity index (χ1) is 18.5. The minimum Gasteiger partial charge on any atom is -0.381 e. The molecule has 0 saturated carbocycles. The van der Waals surface area contributed by atoms with Gasteiger partial charge in [0.2, 0.25) is 11.9 Å². The van der Waals surface area contributed by atoms with Crippen LogP contribution in [0.4, 0.5) is 11.9 Å². The summed E-state index contributed by atoms with van der Waals surface area (Å²) >= 11 is 0. The summed E-state index contributed by atoms with van der Waals surface area (Å²) in [7, 11) is 0. The zero-order chi connectivity index (χ0) is 26.9. The number of rotatable bonds is 13. The highest BCUT2D eigenvalue weighted by Gasteiger charge is 2.19. The fourth-order valence-electron chi connectivity index (χ4n) is 4.61. The minimum absolute atomic E-state index is 0.112. The lowest BCUT2D eigenvalue weighted by Crippen LogP contribution is -2.29. The van der Waals surface area contributed by atoms with Gasteiger partial charge in [-0.15, -0.1) is 0 Å². The highest BCUT2D eigenvalue weighted by Crippen LogP contribution is 2.23. The third-order valence-corrected chi connectivity index (χ3v) is 6.95. The molecule has 3 aromatic rings. The molecule has 4 rings (SSSR count). The van der Waals surface area contributed by atoms with E-state index in [0.29, 0.717) is 36.8 Å². The molecule has 2 aromatic heterocycles. The quantitative estimate of drug-likeness (QED) is 0.320. The molecule has 9 heteroatoms. The largest absolute Gasteiger partial charge is 0.381 e. The molecule has 204 valence electrons. The molecule has 9 nitrogen and oxygen atoms in total. The Morgan fingerprint density at radius 2 is 1.95 bits per heavy atom. The molecule has 1 aliphatic heterocycles. The first-order valence-corrected chi connectivity index (χ1v) is 13.8. The highest BCUT2D eigenvalue weighted by molar-refractivity contribution is 5.91. The Morgan fingerprint density at radius 3 is 2.68 bits per heavy atom. The number of carbonyl (C=O) groups excluding carboxylic acids is 1. The van der Waals surface area contributed by atoms with Crippen molar-refractivity contribution in [1.29, 1.82) is 0 Å². The van der Waals surface area contributed by atoms with Gasteiger partial charge in [0, 0.05) is 44.3 Å². The van der Waals surface area contributed by atoms with Crippen molar-refractivity contribution < 1.29 is 9.53 Å². The Balaban J connectivity index is 1.46. The fraction of sp³-hybridized carbons (Fsp3) is 0.517. The molecule has 1 aliphatic rings. The van der Waals surface area contributed by atoms with Crippen LogP contribution in [0.1, 0.15) is 63.1 Å². The van der Waals surface area contributed by atoms with Gasteiger partial charge in [-0.1, -0.05) is 58.0 Å². The van der Waals surface area contributed by atoms with Crippen LogP contribution in [0, 0.1) is 0 Å². The summed E-state index contributed by atoms with van der Waals surface area (Å²) in [6.07, 6.45) is 7.79. The van der Waals surface area contributed by atoms with E-state index in [9.17, 15) is 4.79 Å². The molecule has 0 aliphatic carbocycles. The Labute approximate surface area is 225 Å². The molecule has 0 radical (unpaired) electrons. The lowest BCUT2D eigenvalue weighted by molar-refractivity contribution is -0.114. The molecule has 2 N–H and O–H groups in total. The van der Waals surface area contributed by atoms with Gasteiger partial charge >= 0.3 is 0 Å². The number of benzene rings is 1. The number of fused-ring (bicyclic) bond motifs is 1. The van der Waals surface area contributed by atoms with Gasteiger partial charge < -0.3 is 20.3 Å². The molecular weight excluding hydrogens is 478 g/mol. The van der Waals surface area contributed by atoms with Crippen LogP contribution in [0.2, 0.25) is 0 Å². The smallest absolute Gasteiger partial charge is 0.229 e. The van der Waals surface area contributed by atoms with Crippen LogP contribution in [0.5, 0.6) is 0 Å². The third-order valence-electron chi connectivity index (χ3n) is 6.95.